The maximum atomic E-state index is 11.6. The number of para-hydroxylation sites is 2. The molecule has 8 aromatic rings. The summed E-state index contributed by atoms with van der Waals surface area (Å²) in [7, 11) is -1.88. The van der Waals surface area contributed by atoms with Gasteiger partial charge in [0.1, 0.15) is 82.9 Å². The molecule has 3 aliphatic rings. The van der Waals surface area contributed by atoms with E-state index in [-0.39, 0.29) is 85.1 Å². The lowest BCUT2D eigenvalue weighted by atomic mass is 9.84. The number of hydrogen-bond donors (Lipinski definition) is 5. The summed E-state index contributed by atoms with van der Waals surface area (Å²) >= 11 is 18.8. The molecular formula is C65H85Cl3N12O14Si. The number of fused-ring (bicyclic) bond motifs is 3. The molecule has 3 fully saturated rings. The molecule has 0 radical (unpaired) electrons. The van der Waals surface area contributed by atoms with Gasteiger partial charge in [-0.2, -0.15) is 0 Å². The Labute approximate surface area is 566 Å². The number of aromatic nitrogens is 9. The topological polar surface area (TPSA) is 341 Å². The zero-order valence-electron chi connectivity index (χ0n) is 55.3. The summed E-state index contributed by atoms with van der Waals surface area (Å²) in [6.07, 6.45) is 6.71. The molecule has 6 N–H and O–H groups in total. The maximum Gasteiger partial charge on any atom is 0.275 e. The van der Waals surface area contributed by atoms with Crippen molar-refractivity contribution < 1.29 is 58.4 Å². The Balaban J connectivity index is 0.000000169. The molecule has 95 heavy (non-hydrogen) atoms. The number of nitrogens with two attached hydrogens (primary N) is 1. The van der Waals surface area contributed by atoms with E-state index in [1.165, 1.54) is 31.1 Å². The first-order valence-electron chi connectivity index (χ1n) is 31.4. The molecule has 0 amide bonds. The molecule has 2 aromatic carbocycles. The number of benzene rings is 2. The molecule has 3 saturated heterocycles. The van der Waals surface area contributed by atoms with Crippen LogP contribution in [0.15, 0.2) is 86.1 Å². The fraction of sp³-hybridized carbons (Fsp3) is 0.538. The van der Waals surface area contributed by atoms with Gasteiger partial charge in [0.05, 0.1) is 100 Å². The van der Waals surface area contributed by atoms with Crippen molar-refractivity contribution in [3.05, 3.63) is 144 Å². The lowest BCUT2D eigenvalue weighted by Gasteiger charge is -2.39. The third-order valence-corrected chi connectivity index (χ3v) is 23.3. The van der Waals surface area contributed by atoms with Gasteiger partial charge in [0.15, 0.2) is 8.32 Å². The van der Waals surface area contributed by atoms with Crippen LogP contribution in [0.3, 0.4) is 0 Å². The van der Waals surface area contributed by atoms with E-state index in [9.17, 15) is 40.7 Å². The third kappa shape index (κ3) is 15.8. The second-order valence-corrected chi connectivity index (χ2v) is 33.4. The van der Waals surface area contributed by atoms with Crippen LogP contribution in [0, 0.1) is 31.1 Å². The zero-order valence-corrected chi connectivity index (χ0v) is 58.6. The molecule has 0 saturated carbocycles. The monoisotopic (exact) mass is 1390 g/mol. The van der Waals surface area contributed by atoms with Crippen molar-refractivity contribution in [1.82, 2.24) is 43.6 Å². The minimum absolute atomic E-state index is 0.00362. The highest BCUT2D eigenvalue weighted by atomic mass is 35.5. The number of hydrogen-bond acceptors (Lipinski definition) is 21. The van der Waals surface area contributed by atoms with Crippen molar-refractivity contribution >= 4 is 93.4 Å². The second kappa shape index (κ2) is 29.7. The molecule has 0 aliphatic carbocycles. The van der Waals surface area contributed by atoms with E-state index in [0.29, 0.717) is 55.4 Å². The summed E-state index contributed by atoms with van der Waals surface area (Å²) in [6, 6.07) is 13.1. The number of aliphatic hydroxyl groups is 4. The average Bonchev–Trinajstić information content (AvgIpc) is 1.65. The highest BCUT2D eigenvalue weighted by Crippen LogP contribution is 2.46. The van der Waals surface area contributed by atoms with Crippen molar-refractivity contribution in [2.45, 2.75) is 200 Å². The second-order valence-electron chi connectivity index (χ2n) is 27.7. The predicted molar refractivity (Wildman–Crippen MR) is 361 cm³/mol. The quantitative estimate of drug-likeness (QED) is 0.0165. The van der Waals surface area contributed by atoms with Crippen molar-refractivity contribution in [3.63, 3.8) is 0 Å². The van der Waals surface area contributed by atoms with Gasteiger partial charge in [-0.05, 0) is 53.1 Å². The number of nitro benzene ring substituents is 2. The van der Waals surface area contributed by atoms with E-state index in [4.69, 9.17) is 68.6 Å². The number of nitrogen functional groups attached to an aromatic ring is 1. The molecule has 26 nitrogen and oxygen atoms in total. The normalized spacial score (nSPS) is 22.4. The summed E-state index contributed by atoms with van der Waals surface area (Å²) in [6.45, 7) is 24.8. The SMILES string of the molecule is CC(C)(C)[C@H](OCc1cn([C@H]2CC(O)[C@@H](CO)O2)c2ncnc(Cl)c12)c1ccccc1[N+](=O)[O-].CC(C)(C)[C@H](OCc1cn([C@H]2CC(O)[C@@H](CO)O2)c2ncnc(N)c12)c1ccccc1[N+](=O)[O-].CC[C@H]1O[C@@H](n2cc(CCl)c3c(Cl)ncnc32)CC1O[Si](C)(C)C(C)(C)C. The number of aliphatic hydroxyl groups excluding tert-OH is 4. The Morgan fingerprint density at radius 1 is 0.621 bits per heavy atom. The highest BCUT2D eigenvalue weighted by Gasteiger charge is 2.46. The average molecular weight is 1390 g/mol. The van der Waals surface area contributed by atoms with Gasteiger partial charge in [0, 0.05) is 67.0 Å². The molecule has 11 atom stereocenters. The van der Waals surface area contributed by atoms with E-state index in [1.54, 1.807) is 57.9 Å². The van der Waals surface area contributed by atoms with Crippen molar-refractivity contribution in [1.29, 1.82) is 0 Å². The van der Waals surface area contributed by atoms with Gasteiger partial charge in [0.2, 0.25) is 0 Å². The molecule has 6 aromatic heterocycles. The van der Waals surface area contributed by atoms with Gasteiger partial charge < -0.3 is 68.0 Å². The van der Waals surface area contributed by atoms with Crippen LogP contribution in [0.25, 0.3) is 33.1 Å². The molecule has 0 spiro atoms. The van der Waals surface area contributed by atoms with Crippen molar-refractivity contribution in [2.75, 3.05) is 18.9 Å². The van der Waals surface area contributed by atoms with Crippen molar-refractivity contribution in [2.24, 2.45) is 10.8 Å². The number of alkyl halides is 1. The number of anilines is 1. The summed E-state index contributed by atoms with van der Waals surface area (Å²) in [4.78, 5) is 47.9. The van der Waals surface area contributed by atoms with Crippen LogP contribution < -0.4 is 5.73 Å². The fourth-order valence-electron chi connectivity index (χ4n) is 12.1. The van der Waals surface area contributed by atoms with Gasteiger partial charge in [0.25, 0.3) is 11.4 Å². The van der Waals surface area contributed by atoms with Crippen LogP contribution in [0.4, 0.5) is 17.2 Å². The number of halogens is 3. The molecular weight excluding hydrogens is 1310 g/mol. The van der Waals surface area contributed by atoms with Gasteiger partial charge in [-0.15, -0.1) is 11.6 Å². The Hall–Kier alpha value is -6.41. The Morgan fingerprint density at radius 3 is 1.41 bits per heavy atom. The number of nitro groups is 2. The lowest BCUT2D eigenvalue weighted by Crippen LogP contribution is -2.45. The zero-order chi connectivity index (χ0) is 69.2. The van der Waals surface area contributed by atoms with E-state index < -0.39 is 78.1 Å². The summed E-state index contributed by atoms with van der Waals surface area (Å²) in [5.41, 5.74) is 10.3. The largest absolute Gasteiger partial charge is 0.411 e. The Morgan fingerprint density at radius 2 is 1.01 bits per heavy atom. The minimum Gasteiger partial charge on any atom is -0.411 e. The third-order valence-electron chi connectivity index (χ3n) is 17.9. The van der Waals surface area contributed by atoms with E-state index in [0.717, 1.165) is 29.4 Å². The van der Waals surface area contributed by atoms with Crippen LogP contribution in [0.1, 0.15) is 154 Å². The first-order valence-corrected chi connectivity index (χ1v) is 35.6. The van der Waals surface area contributed by atoms with Crippen LogP contribution in [-0.2, 0) is 47.2 Å². The van der Waals surface area contributed by atoms with Gasteiger partial charge in [-0.3, -0.25) is 20.2 Å². The standard InChI is InChI=1S/C23H27ClN4O6.C23H29N5O6.C19H29Cl2N3O2Si/c2*1-23(2,3)20(14-6-4-5-7-15(14)28(31)32)33-11-13-9-27(18-8-16(30)17(10-29)34-18)22-19(13)21(24)25-12-26-22;1-7-13-14(26-27(5,6)19(2,3)4)8-15(25-13)24-10-12(9-20)16-17(21)22-11-23-18(16)24/h4-7,9,12,16-18,20,29-30H,8,10-11H2,1-3H3;4-7,9,12,16-18,20,29-30H,8,10-11H2,1-3H3,(H2,24,25,26);10-11,13-15H,7-9H2,1-6H3/t2*16?,17-,18-,20-;13-,14?,15-/m111/s1. The smallest absolute Gasteiger partial charge is 0.275 e. The highest BCUT2D eigenvalue weighted by molar-refractivity contribution is 6.74. The van der Waals surface area contributed by atoms with Gasteiger partial charge in [-0.25, -0.2) is 29.9 Å². The van der Waals surface area contributed by atoms with Crippen molar-refractivity contribution in [3.8, 4) is 0 Å². The van der Waals surface area contributed by atoms with E-state index in [1.807, 2.05) is 52.3 Å². The maximum absolute atomic E-state index is 11.6. The van der Waals surface area contributed by atoms with Crippen LogP contribution in [-0.4, -0.2) is 132 Å². The number of nitrogens with zero attached hydrogens (tertiary/aromatic N) is 11. The van der Waals surface area contributed by atoms with Gasteiger partial charge >= 0.3 is 0 Å². The molecule has 514 valence electrons. The van der Waals surface area contributed by atoms with Crippen LogP contribution in [0.2, 0.25) is 28.4 Å². The summed E-state index contributed by atoms with van der Waals surface area (Å²) in [5, 5.41) is 65.3. The molecule has 3 unspecified atom stereocenters. The summed E-state index contributed by atoms with van der Waals surface area (Å²) < 4.78 is 42.9. The first kappa shape index (κ1) is 72.8. The van der Waals surface area contributed by atoms with E-state index >= 15 is 0 Å². The van der Waals surface area contributed by atoms with Crippen LogP contribution in [0.5, 0.6) is 0 Å². The molecule has 30 heteroatoms. The Bertz CT molecular complexity index is 3820. The molecule has 3 aliphatic heterocycles. The Kier molecular flexibility index (Phi) is 22.8. The first-order chi connectivity index (χ1) is 44.8. The molecule has 0 bridgehead atoms. The number of rotatable bonds is 19. The lowest BCUT2D eigenvalue weighted by molar-refractivity contribution is -0.386. The predicted octanol–water partition coefficient (Wildman–Crippen LogP) is 12.7. The minimum atomic E-state index is -1.88. The van der Waals surface area contributed by atoms with Crippen LogP contribution >= 0.6 is 34.8 Å². The number of ether oxygens (including phenoxy) is 5. The molecule has 9 heterocycles. The van der Waals surface area contributed by atoms with E-state index in [2.05, 4.69) is 70.7 Å². The molecule has 11 rings (SSSR count). The fourth-order valence-corrected chi connectivity index (χ4v) is 14.2. The van der Waals surface area contributed by atoms with Gasteiger partial charge in [-0.1, -0.05) is 117 Å². The summed E-state index contributed by atoms with van der Waals surface area (Å²) in [5.74, 6) is 0.613.